The van der Waals surface area contributed by atoms with Crippen molar-refractivity contribution in [3.63, 3.8) is 0 Å². The zero-order chi connectivity index (χ0) is 14.8. The van der Waals surface area contributed by atoms with Gasteiger partial charge in [0.15, 0.2) is 0 Å². The largest absolute Gasteiger partial charge is 0.497 e. The van der Waals surface area contributed by atoms with Gasteiger partial charge in [0.1, 0.15) is 5.75 Å². The summed E-state index contributed by atoms with van der Waals surface area (Å²) in [7, 11) is 3.94. The first-order valence-corrected chi connectivity index (χ1v) is 8.04. The second-order valence-electron chi connectivity index (χ2n) is 6.39. The third kappa shape index (κ3) is 3.07. The van der Waals surface area contributed by atoms with Crippen LogP contribution in [0.15, 0.2) is 18.2 Å². The van der Waals surface area contributed by atoms with Crippen molar-refractivity contribution >= 4 is 0 Å². The minimum Gasteiger partial charge on any atom is -0.497 e. The van der Waals surface area contributed by atoms with Crippen LogP contribution in [0.5, 0.6) is 5.75 Å². The second kappa shape index (κ2) is 6.34. The lowest BCUT2D eigenvalue weighted by Crippen LogP contribution is -2.46. The molecule has 2 atom stereocenters. The summed E-state index contributed by atoms with van der Waals surface area (Å²) in [5.41, 5.74) is 9.28. The Morgan fingerprint density at radius 3 is 2.86 bits per heavy atom. The van der Waals surface area contributed by atoms with E-state index in [1.165, 1.54) is 30.6 Å². The van der Waals surface area contributed by atoms with Crippen molar-refractivity contribution in [1.82, 2.24) is 9.80 Å². The van der Waals surface area contributed by atoms with Crippen molar-refractivity contribution in [3.8, 4) is 5.75 Å². The van der Waals surface area contributed by atoms with Crippen molar-refractivity contribution in [2.75, 3.05) is 40.3 Å². The van der Waals surface area contributed by atoms with Gasteiger partial charge in [0.25, 0.3) is 0 Å². The average Bonchev–Trinajstić information content (AvgIpc) is 2.72. The Bertz CT molecular complexity index is 491. The Hall–Kier alpha value is -1.10. The molecular formula is C17H27N3O. The van der Waals surface area contributed by atoms with Crippen LogP contribution in [0.2, 0.25) is 0 Å². The normalized spacial score (nSPS) is 28.0. The molecule has 0 bridgehead atoms. The monoisotopic (exact) mass is 289 g/mol. The summed E-state index contributed by atoms with van der Waals surface area (Å²) in [5, 5.41) is 0. The third-order valence-electron chi connectivity index (χ3n) is 5.06. The van der Waals surface area contributed by atoms with Crippen LogP contribution in [-0.2, 0) is 6.42 Å². The van der Waals surface area contributed by atoms with Crippen LogP contribution in [0.25, 0.3) is 0 Å². The molecule has 1 aromatic rings. The average molecular weight is 289 g/mol. The van der Waals surface area contributed by atoms with Gasteiger partial charge in [0.2, 0.25) is 0 Å². The van der Waals surface area contributed by atoms with Crippen LogP contribution in [0.4, 0.5) is 0 Å². The first-order chi connectivity index (χ1) is 10.2. The van der Waals surface area contributed by atoms with Crippen LogP contribution >= 0.6 is 0 Å². The zero-order valence-electron chi connectivity index (χ0n) is 13.2. The highest BCUT2D eigenvalue weighted by Crippen LogP contribution is 2.33. The number of ether oxygens (including phenoxy) is 1. The lowest BCUT2D eigenvalue weighted by Gasteiger charge is -2.39. The van der Waals surface area contributed by atoms with Crippen molar-refractivity contribution in [3.05, 3.63) is 29.3 Å². The number of nitrogens with two attached hydrogens (primary N) is 1. The Morgan fingerprint density at radius 1 is 1.19 bits per heavy atom. The molecule has 1 aliphatic heterocycles. The molecule has 116 valence electrons. The summed E-state index contributed by atoms with van der Waals surface area (Å²) in [4.78, 5) is 5.04. The maximum Gasteiger partial charge on any atom is 0.119 e. The Labute approximate surface area is 127 Å². The molecule has 1 aromatic carbocycles. The fraction of sp³-hybridized carbons (Fsp3) is 0.647. The number of benzene rings is 1. The highest BCUT2D eigenvalue weighted by atomic mass is 16.5. The zero-order valence-corrected chi connectivity index (χ0v) is 13.2. The fourth-order valence-corrected chi connectivity index (χ4v) is 3.75. The Balaban J connectivity index is 1.77. The quantitative estimate of drug-likeness (QED) is 0.899. The van der Waals surface area contributed by atoms with Gasteiger partial charge in [-0.05, 0) is 62.7 Å². The van der Waals surface area contributed by atoms with Gasteiger partial charge >= 0.3 is 0 Å². The number of methoxy groups -OCH3 is 1. The van der Waals surface area contributed by atoms with Gasteiger partial charge in [-0.1, -0.05) is 6.07 Å². The summed E-state index contributed by atoms with van der Waals surface area (Å²) in [6.45, 7) is 4.67. The molecule has 1 saturated heterocycles. The van der Waals surface area contributed by atoms with Crippen LogP contribution < -0.4 is 10.5 Å². The van der Waals surface area contributed by atoms with Gasteiger partial charge in [0, 0.05) is 25.2 Å². The van der Waals surface area contributed by atoms with Crippen LogP contribution in [0.3, 0.4) is 0 Å². The first kappa shape index (κ1) is 14.8. The summed E-state index contributed by atoms with van der Waals surface area (Å²) in [6.07, 6.45) is 3.51. The molecule has 1 heterocycles. The molecule has 0 amide bonds. The van der Waals surface area contributed by atoms with Gasteiger partial charge in [-0.3, -0.25) is 4.90 Å². The van der Waals surface area contributed by atoms with Gasteiger partial charge < -0.3 is 15.4 Å². The number of aryl methyl sites for hydroxylation is 1. The molecule has 0 spiro atoms. The predicted molar refractivity (Wildman–Crippen MR) is 85.7 cm³/mol. The third-order valence-corrected chi connectivity index (χ3v) is 5.06. The Morgan fingerprint density at radius 2 is 2.05 bits per heavy atom. The molecule has 3 rings (SSSR count). The number of hydrogen-bond donors (Lipinski definition) is 1. The van der Waals surface area contributed by atoms with Crippen LogP contribution in [-0.4, -0.2) is 56.2 Å². The van der Waals surface area contributed by atoms with E-state index in [1.54, 1.807) is 7.11 Å². The number of fused-ring (bicyclic) bond motifs is 1. The lowest BCUT2D eigenvalue weighted by molar-refractivity contribution is 0.160. The summed E-state index contributed by atoms with van der Waals surface area (Å²) in [5.74, 6) is 0.941. The van der Waals surface area contributed by atoms with Gasteiger partial charge in [-0.2, -0.15) is 0 Å². The minimum atomic E-state index is 0.128. The van der Waals surface area contributed by atoms with Crippen molar-refractivity contribution in [2.45, 2.75) is 31.3 Å². The summed E-state index contributed by atoms with van der Waals surface area (Å²) in [6, 6.07) is 6.97. The number of rotatable bonds is 2. The molecule has 2 aliphatic rings. The van der Waals surface area contributed by atoms with E-state index in [0.29, 0.717) is 6.04 Å². The van der Waals surface area contributed by atoms with Crippen LogP contribution in [0.1, 0.15) is 30.0 Å². The van der Waals surface area contributed by atoms with E-state index in [2.05, 4.69) is 29.0 Å². The molecule has 1 fully saturated rings. The molecule has 4 nitrogen and oxygen atoms in total. The highest BCUT2D eigenvalue weighted by Gasteiger charge is 2.31. The van der Waals surface area contributed by atoms with E-state index in [4.69, 9.17) is 10.5 Å². The molecule has 21 heavy (non-hydrogen) atoms. The number of likely N-dealkylation sites (N-methyl/N-ethyl adjacent to an activating group) is 1. The topological polar surface area (TPSA) is 41.7 Å². The smallest absolute Gasteiger partial charge is 0.119 e. The van der Waals surface area contributed by atoms with E-state index < -0.39 is 0 Å². The van der Waals surface area contributed by atoms with Crippen LogP contribution in [0, 0.1) is 0 Å². The van der Waals surface area contributed by atoms with Crippen molar-refractivity contribution in [2.24, 2.45) is 5.73 Å². The van der Waals surface area contributed by atoms with E-state index in [9.17, 15) is 0 Å². The summed E-state index contributed by atoms with van der Waals surface area (Å²) < 4.78 is 5.33. The molecular weight excluding hydrogens is 262 g/mol. The molecule has 4 heteroatoms. The molecule has 2 N–H and O–H groups in total. The second-order valence-corrected chi connectivity index (χ2v) is 6.39. The minimum absolute atomic E-state index is 0.128. The van der Waals surface area contributed by atoms with Gasteiger partial charge in [-0.25, -0.2) is 0 Å². The molecule has 0 saturated carbocycles. The fourth-order valence-electron chi connectivity index (χ4n) is 3.75. The van der Waals surface area contributed by atoms with Gasteiger partial charge in [0.05, 0.1) is 7.11 Å². The van der Waals surface area contributed by atoms with E-state index in [0.717, 1.165) is 31.7 Å². The maximum atomic E-state index is 6.60. The van der Waals surface area contributed by atoms with Crippen molar-refractivity contribution in [1.29, 1.82) is 0 Å². The Kier molecular flexibility index (Phi) is 4.48. The van der Waals surface area contributed by atoms with E-state index >= 15 is 0 Å². The standard InChI is InChI=1S/C17H27N3O/c1-19-8-3-9-20(11-10-19)16-7-4-13-12-14(21-2)5-6-15(13)17(16)18/h5-6,12,16-17H,3-4,7-11,18H2,1-2H3. The highest BCUT2D eigenvalue weighted by molar-refractivity contribution is 5.40. The van der Waals surface area contributed by atoms with Gasteiger partial charge in [-0.15, -0.1) is 0 Å². The number of nitrogens with zero attached hydrogens (tertiary/aromatic N) is 2. The molecule has 2 unspecified atom stereocenters. The maximum absolute atomic E-state index is 6.60. The number of hydrogen-bond acceptors (Lipinski definition) is 4. The molecule has 1 aliphatic carbocycles. The first-order valence-electron chi connectivity index (χ1n) is 8.04. The molecule has 0 radical (unpaired) electrons. The summed E-state index contributed by atoms with van der Waals surface area (Å²) >= 11 is 0. The SMILES string of the molecule is COc1ccc2c(c1)CCC(N1CCCN(C)CC1)C2N. The van der Waals surface area contributed by atoms with E-state index in [1.807, 2.05) is 6.07 Å². The lowest BCUT2D eigenvalue weighted by atomic mass is 9.83. The predicted octanol–water partition coefficient (Wildman–Crippen LogP) is 1.65. The van der Waals surface area contributed by atoms with Crippen molar-refractivity contribution < 1.29 is 4.74 Å². The van der Waals surface area contributed by atoms with E-state index in [-0.39, 0.29) is 6.04 Å². The molecule has 0 aromatic heterocycles.